The van der Waals surface area contributed by atoms with Gasteiger partial charge in [-0.05, 0) is 52.1 Å². The normalized spacial score (nSPS) is 24.3. The highest BCUT2D eigenvalue weighted by Gasteiger charge is 2.26. The maximum atomic E-state index is 4.70. The van der Waals surface area contributed by atoms with Gasteiger partial charge in [0.2, 0.25) is 0 Å². The number of aromatic nitrogens is 2. The monoisotopic (exact) mass is 288 g/mol. The number of hydrogen-bond donors (Lipinski definition) is 0. The number of aryl methyl sites for hydroxylation is 2. The SMILES string of the molecule is CCc1cc(N2CCCCC(N3CCCC3)C2)nc(C)n1. The Labute approximate surface area is 128 Å². The highest BCUT2D eigenvalue weighted by Crippen LogP contribution is 2.23. The molecule has 2 fully saturated rings. The fourth-order valence-electron chi connectivity index (χ4n) is 3.69. The zero-order valence-corrected chi connectivity index (χ0v) is 13.5. The van der Waals surface area contributed by atoms with E-state index in [0.29, 0.717) is 0 Å². The van der Waals surface area contributed by atoms with Gasteiger partial charge in [-0.1, -0.05) is 13.3 Å². The minimum Gasteiger partial charge on any atom is -0.355 e. The van der Waals surface area contributed by atoms with Gasteiger partial charge >= 0.3 is 0 Å². The van der Waals surface area contributed by atoms with Crippen LogP contribution in [-0.2, 0) is 6.42 Å². The Bertz CT molecular complexity index is 468. The van der Waals surface area contributed by atoms with Crippen LogP contribution in [0.25, 0.3) is 0 Å². The van der Waals surface area contributed by atoms with Crippen LogP contribution in [0.5, 0.6) is 0 Å². The maximum absolute atomic E-state index is 4.70. The van der Waals surface area contributed by atoms with E-state index in [1.165, 1.54) is 50.9 Å². The van der Waals surface area contributed by atoms with Gasteiger partial charge in [0.05, 0.1) is 0 Å². The average molecular weight is 288 g/mol. The van der Waals surface area contributed by atoms with Crippen molar-refractivity contribution in [3.05, 3.63) is 17.6 Å². The molecule has 0 radical (unpaired) electrons. The summed E-state index contributed by atoms with van der Waals surface area (Å²) in [5.41, 5.74) is 1.17. The predicted molar refractivity (Wildman–Crippen MR) is 86.8 cm³/mol. The van der Waals surface area contributed by atoms with E-state index < -0.39 is 0 Å². The zero-order valence-electron chi connectivity index (χ0n) is 13.5. The second-order valence-corrected chi connectivity index (χ2v) is 6.46. The minimum absolute atomic E-state index is 0.718. The van der Waals surface area contributed by atoms with Gasteiger partial charge in [-0.2, -0.15) is 0 Å². The van der Waals surface area contributed by atoms with Crippen molar-refractivity contribution in [3.63, 3.8) is 0 Å². The lowest BCUT2D eigenvalue weighted by Crippen LogP contribution is -2.42. The molecule has 0 amide bonds. The second kappa shape index (κ2) is 6.73. The third-order valence-electron chi connectivity index (χ3n) is 4.87. The van der Waals surface area contributed by atoms with E-state index in [-0.39, 0.29) is 0 Å². The van der Waals surface area contributed by atoms with Crippen LogP contribution >= 0.6 is 0 Å². The number of rotatable bonds is 3. The molecule has 0 aliphatic carbocycles. The van der Waals surface area contributed by atoms with E-state index >= 15 is 0 Å². The standard InChI is InChI=1S/C17H28N4/c1-3-15-12-17(19-14(2)18-15)21-11-5-4-8-16(13-21)20-9-6-7-10-20/h12,16H,3-11,13H2,1-2H3. The topological polar surface area (TPSA) is 32.3 Å². The molecule has 1 aromatic heterocycles. The molecule has 0 bridgehead atoms. The summed E-state index contributed by atoms with van der Waals surface area (Å²) in [4.78, 5) is 14.4. The summed E-state index contributed by atoms with van der Waals surface area (Å²) in [5, 5.41) is 0. The van der Waals surface area contributed by atoms with Crippen molar-refractivity contribution in [1.82, 2.24) is 14.9 Å². The molecule has 3 heterocycles. The van der Waals surface area contributed by atoms with Gasteiger partial charge in [-0.3, -0.25) is 4.90 Å². The summed E-state index contributed by atoms with van der Waals surface area (Å²) in [5.74, 6) is 2.05. The Morgan fingerprint density at radius 3 is 2.62 bits per heavy atom. The first-order valence-electron chi connectivity index (χ1n) is 8.60. The predicted octanol–water partition coefficient (Wildman–Crippen LogP) is 2.80. The summed E-state index contributed by atoms with van der Waals surface area (Å²) in [6.45, 7) is 9.05. The Balaban J connectivity index is 1.77. The van der Waals surface area contributed by atoms with E-state index in [4.69, 9.17) is 4.98 Å². The Hall–Kier alpha value is -1.16. The van der Waals surface area contributed by atoms with E-state index in [0.717, 1.165) is 37.2 Å². The highest BCUT2D eigenvalue weighted by molar-refractivity contribution is 5.40. The Morgan fingerprint density at radius 1 is 1.10 bits per heavy atom. The molecule has 0 spiro atoms. The van der Waals surface area contributed by atoms with E-state index in [1.807, 2.05) is 6.92 Å². The lowest BCUT2D eigenvalue weighted by molar-refractivity contribution is 0.236. The molecule has 2 aliphatic rings. The van der Waals surface area contributed by atoms with Crippen LogP contribution in [0.2, 0.25) is 0 Å². The lowest BCUT2D eigenvalue weighted by atomic mass is 10.1. The van der Waals surface area contributed by atoms with Crippen molar-refractivity contribution in [2.45, 2.75) is 58.4 Å². The number of likely N-dealkylation sites (tertiary alicyclic amines) is 1. The molecule has 2 saturated heterocycles. The van der Waals surface area contributed by atoms with Crippen molar-refractivity contribution in [2.75, 3.05) is 31.1 Å². The van der Waals surface area contributed by atoms with Gasteiger partial charge in [-0.15, -0.1) is 0 Å². The molecule has 1 unspecified atom stereocenters. The first-order valence-corrected chi connectivity index (χ1v) is 8.60. The average Bonchev–Trinajstić information content (AvgIpc) is 2.91. The minimum atomic E-state index is 0.718. The van der Waals surface area contributed by atoms with E-state index in [9.17, 15) is 0 Å². The molecule has 1 aromatic rings. The van der Waals surface area contributed by atoms with Crippen LogP contribution in [0.15, 0.2) is 6.07 Å². The van der Waals surface area contributed by atoms with Gasteiger partial charge in [-0.25, -0.2) is 9.97 Å². The van der Waals surface area contributed by atoms with E-state index in [2.05, 4.69) is 27.8 Å². The molecule has 3 rings (SSSR count). The van der Waals surface area contributed by atoms with Crippen molar-refractivity contribution >= 4 is 5.82 Å². The molecule has 1 atom stereocenters. The van der Waals surface area contributed by atoms with Crippen LogP contribution in [0.4, 0.5) is 5.82 Å². The summed E-state index contributed by atoms with van der Waals surface area (Å²) < 4.78 is 0. The summed E-state index contributed by atoms with van der Waals surface area (Å²) in [7, 11) is 0. The van der Waals surface area contributed by atoms with Crippen molar-refractivity contribution < 1.29 is 0 Å². The molecule has 0 N–H and O–H groups in total. The third-order valence-corrected chi connectivity index (χ3v) is 4.87. The number of anilines is 1. The summed E-state index contributed by atoms with van der Waals surface area (Å²) in [6, 6.07) is 2.91. The molecule has 4 heteroatoms. The van der Waals surface area contributed by atoms with E-state index in [1.54, 1.807) is 0 Å². The molecule has 0 aromatic carbocycles. The quantitative estimate of drug-likeness (QED) is 0.856. The first kappa shape index (κ1) is 14.8. The summed E-state index contributed by atoms with van der Waals surface area (Å²) in [6.07, 6.45) is 7.73. The number of nitrogens with zero attached hydrogens (tertiary/aromatic N) is 4. The Morgan fingerprint density at radius 2 is 1.86 bits per heavy atom. The van der Waals surface area contributed by atoms with Crippen LogP contribution < -0.4 is 4.90 Å². The largest absolute Gasteiger partial charge is 0.355 e. The van der Waals surface area contributed by atoms with Crippen LogP contribution in [0.3, 0.4) is 0 Å². The highest BCUT2D eigenvalue weighted by atomic mass is 15.3. The number of hydrogen-bond acceptors (Lipinski definition) is 4. The lowest BCUT2D eigenvalue weighted by Gasteiger charge is -2.31. The second-order valence-electron chi connectivity index (χ2n) is 6.46. The molecule has 4 nitrogen and oxygen atoms in total. The van der Waals surface area contributed by atoms with Crippen LogP contribution in [0.1, 0.15) is 50.5 Å². The van der Waals surface area contributed by atoms with Crippen LogP contribution in [0, 0.1) is 6.92 Å². The van der Waals surface area contributed by atoms with Crippen molar-refractivity contribution in [3.8, 4) is 0 Å². The van der Waals surface area contributed by atoms with Crippen molar-refractivity contribution in [2.24, 2.45) is 0 Å². The Kier molecular flexibility index (Phi) is 4.73. The van der Waals surface area contributed by atoms with Crippen molar-refractivity contribution in [1.29, 1.82) is 0 Å². The van der Waals surface area contributed by atoms with Crippen LogP contribution in [-0.4, -0.2) is 47.1 Å². The van der Waals surface area contributed by atoms with Gasteiger partial charge < -0.3 is 4.90 Å². The molecule has 0 saturated carbocycles. The molecule has 21 heavy (non-hydrogen) atoms. The zero-order chi connectivity index (χ0) is 14.7. The molecule has 2 aliphatic heterocycles. The fraction of sp³-hybridized carbons (Fsp3) is 0.765. The fourth-order valence-corrected chi connectivity index (χ4v) is 3.69. The van der Waals surface area contributed by atoms with Gasteiger partial charge in [0, 0.05) is 30.9 Å². The van der Waals surface area contributed by atoms with Gasteiger partial charge in [0.15, 0.2) is 0 Å². The molecule has 116 valence electrons. The first-order chi connectivity index (χ1) is 10.3. The van der Waals surface area contributed by atoms with Gasteiger partial charge in [0.1, 0.15) is 11.6 Å². The molecular weight excluding hydrogens is 260 g/mol. The summed E-state index contributed by atoms with van der Waals surface area (Å²) >= 11 is 0. The molecular formula is C17H28N4. The smallest absolute Gasteiger partial charge is 0.132 e. The third kappa shape index (κ3) is 3.54. The van der Waals surface area contributed by atoms with Gasteiger partial charge in [0.25, 0.3) is 0 Å². The maximum Gasteiger partial charge on any atom is 0.132 e.